The molecule has 2 aliphatic heterocycles. The molecule has 0 spiro atoms. The molecule has 10 atom stereocenters. The maximum Gasteiger partial charge on any atom is 0.332 e. The number of carboxylic acids is 1. The average Bonchev–Trinajstić information content (AvgIpc) is 1.55. The summed E-state index contributed by atoms with van der Waals surface area (Å²) in [5, 5.41) is 23.5. The van der Waals surface area contributed by atoms with Crippen molar-refractivity contribution in [1.82, 2.24) is 40.4 Å². The summed E-state index contributed by atoms with van der Waals surface area (Å²) in [6, 6.07) is 10.9. The Balaban J connectivity index is 0.000000192. The van der Waals surface area contributed by atoms with Crippen LogP contribution >= 0.6 is 45.9 Å². The van der Waals surface area contributed by atoms with Gasteiger partial charge in [-0.15, -0.1) is 22.7 Å². The molecule has 24 heteroatoms. The molecule has 0 bridgehead atoms. The van der Waals surface area contributed by atoms with E-state index in [1.165, 1.54) is 22.7 Å². The monoisotopic (exact) mass is 1360 g/mol. The Kier molecular flexibility index (Phi) is 20.6. The van der Waals surface area contributed by atoms with Gasteiger partial charge >= 0.3 is 11.9 Å². The number of carboxylic acid groups (broad SMARTS) is 1. The normalized spacial score (nSPS) is 27.1. The largest absolute Gasteiger partial charge is 0.495 e. The number of hydrogen-bond donors (Lipinski definition) is 3. The molecule has 0 saturated heterocycles. The van der Waals surface area contributed by atoms with Crippen LogP contribution < -0.4 is 29.6 Å². The maximum atomic E-state index is 14.1. The second kappa shape index (κ2) is 28.5. The van der Waals surface area contributed by atoms with Crippen molar-refractivity contribution in [2.75, 3.05) is 48.0 Å². The molecule has 4 fully saturated rings. The van der Waals surface area contributed by atoms with Gasteiger partial charge in [-0.1, -0.05) is 75.2 Å². The minimum atomic E-state index is -1.34. The summed E-state index contributed by atoms with van der Waals surface area (Å²) < 4.78 is 29.7. The minimum Gasteiger partial charge on any atom is -0.495 e. The van der Waals surface area contributed by atoms with E-state index in [9.17, 15) is 33.9 Å². The molecule has 6 aromatic rings. The molecule has 6 aliphatic rings. The Morgan fingerprint density at radius 2 is 1.05 bits per heavy atom. The van der Waals surface area contributed by atoms with E-state index in [0.29, 0.717) is 111 Å². The number of methoxy groups -OCH3 is 2. The van der Waals surface area contributed by atoms with Crippen LogP contribution in [0.15, 0.2) is 71.5 Å². The van der Waals surface area contributed by atoms with Crippen molar-refractivity contribution in [3.63, 3.8) is 0 Å². The lowest BCUT2D eigenvalue weighted by Crippen LogP contribution is -2.50. The Morgan fingerprint density at radius 1 is 0.628 bits per heavy atom. The first kappa shape index (κ1) is 68.0. The molecular formula is C70H82Cl2N8O12S2. The summed E-state index contributed by atoms with van der Waals surface area (Å²) >= 11 is 16.5. The van der Waals surface area contributed by atoms with Gasteiger partial charge in [0.2, 0.25) is 23.6 Å². The topological polar surface area (TPSA) is 251 Å². The first-order chi connectivity index (χ1) is 45.1. The number of amides is 4. The number of pyridine rings is 2. The number of aliphatic carboxylic acids is 1. The summed E-state index contributed by atoms with van der Waals surface area (Å²) in [5.41, 5.74) is 1.69. The van der Waals surface area contributed by atoms with Crippen LogP contribution in [0.2, 0.25) is 10.0 Å². The van der Waals surface area contributed by atoms with E-state index in [-0.39, 0.29) is 54.4 Å². The molecule has 4 amide bonds. The second-order valence-electron chi connectivity index (χ2n) is 26.2. The zero-order valence-electron chi connectivity index (χ0n) is 54.5. The molecule has 4 aromatic heterocycles. The van der Waals surface area contributed by atoms with E-state index < -0.39 is 64.8 Å². The van der Waals surface area contributed by atoms with E-state index in [1.807, 2.05) is 53.3 Å². The summed E-state index contributed by atoms with van der Waals surface area (Å²) in [6.07, 6.45) is 14.1. The fraction of sp³-hybridized carbons (Fsp3) is 0.514. The van der Waals surface area contributed by atoms with Crippen molar-refractivity contribution in [3.05, 3.63) is 92.9 Å². The van der Waals surface area contributed by atoms with Crippen LogP contribution in [0.4, 0.5) is 0 Å². The van der Waals surface area contributed by atoms with Gasteiger partial charge < -0.3 is 49.2 Å². The smallest absolute Gasteiger partial charge is 0.332 e. The third kappa shape index (κ3) is 14.0. The van der Waals surface area contributed by atoms with Crippen molar-refractivity contribution in [1.29, 1.82) is 0 Å². The summed E-state index contributed by atoms with van der Waals surface area (Å²) in [6.45, 7) is 11.5. The lowest BCUT2D eigenvalue weighted by atomic mass is 9.93. The highest BCUT2D eigenvalue weighted by Gasteiger charge is 2.63. The van der Waals surface area contributed by atoms with Crippen LogP contribution in [-0.4, -0.2) is 142 Å². The van der Waals surface area contributed by atoms with Crippen molar-refractivity contribution in [2.24, 2.45) is 35.5 Å². The minimum absolute atomic E-state index is 0.0940. The van der Waals surface area contributed by atoms with Gasteiger partial charge in [-0.2, -0.15) is 0 Å². The molecule has 500 valence electrons. The van der Waals surface area contributed by atoms with E-state index in [2.05, 4.69) is 44.4 Å². The number of aromatic nitrogens is 4. The Bertz CT molecular complexity index is 3950. The van der Waals surface area contributed by atoms with Gasteiger partial charge in [-0.25, -0.2) is 29.5 Å². The van der Waals surface area contributed by atoms with E-state index in [1.54, 1.807) is 57.2 Å². The third-order valence-electron chi connectivity index (χ3n) is 19.2. The highest BCUT2D eigenvalue weighted by Crippen LogP contribution is 2.50. The Labute approximate surface area is 565 Å². The third-order valence-corrected chi connectivity index (χ3v) is 21.7. The summed E-state index contributed by atoms with van der Waals surface area (Å²) in [4.78, 5) is 104. The van der Waals surface area contributed by atoms with E-state index in [0.717, 1.165) is 59.9 Å². The first-order valence-electron chi connectivity index (χ1n) is 32.6. The molecule has 20 nitrogen and oxygen atoms in total. The van der Waals surface area contributed by atoms with Gasteiger partial charge in [-0.3, -0.25) is 19.2 Å². The molecule has 2 aromatic carbocycles. The van der Waals surface area contributed by atoms with Gasteiger partial charge in [0, 0.05) is 72.7 Å². The lowest BCUT2D eigenvalue weighted by Gasteiger charge is -2.26. The van der Waals surface area contributed by atoms with Gasteiger partial charge in [0.1, 0.15) is 77.7 Å². The predicted octanol–water partition coefficient (Wildman–Crippen LogP) is 12.6. The van der Waals surface area contributed by atoms with Crippen LogP contribution in [0, 0.1) is 35.5 Å². The van der Waals surface area contributed by atoms with Gasteiger partial charge in [0.25, 0.3) is 0 Å². The zero-order valence-corrected chi connectivity index (χ0v) is 57.6. The fourth-order valence-electron chi connectivity index (χ4n) is 13.5. The maximum absolute atomic E-state index is 14.1. The molecular weight excluding hydrogens is 1280 g/mol. The highest BCUT2D eigenvalue weighted by molar-refractivity contribution is 7.13. The number of halogens is 2. The standard InChI is InChI=1S/C36H43ClN4O6S.C34H39ClN4O6S/c1-6-46-35(44)36-18-21(36)11-9-7-8-10-14-41(4)34(43)25-16-22(15-24(25)32(42)40-36)47-29-17-26(33-39-27(19-48-33)20(2)3)38-31-23(29)12-13-28(45-5)30(31)37;1-18(2)25-17-46-31(37-25)24-15-27(21-10-11-26(44-4)28(35)29(21)36-24)45-20-13-22-23(14-20)32(41)39(3)12-8-6-5-7-9-19-16-34(19,33(42)43)38-30(22)40/h9,11-13,17,19-22,24-25H,6-8,10,14-16,18H2,1-5H3,(H,40,42);7,9-11,15,17-20,22-23H,5-6,8,12-14,16H2,1-4H3,(H,38,40)(H,42,43)/b11-9-;9-7-/t21-,22-,24-,25-,36-;19-,20-,22-,23-,34-/m11/s1. The number of allylic oxidation sites excluding steroid dienone is 2. The van der Waals surface area contributed by atoms with Gasteiger partial charge in [0.15, 0.2) is 0 Å². The number of nitrogens with one attached hydrogen (secondary N) is 2. The molecule has 94 heavy (non-hydrogen) atoms. The molecule has 0 radical (unpaired) electrons. The summed E-state index contributed by atoms with van der Waals surface area (Å²) in [7, 11) is 6.65. The molecule has 3 N–H and O–H groups in total. The number of hydrogen-bond acceptors (Lipinski definition) is 17. The molecule has 4 saturated carbocycles. The first-order valence-corrected chi connectivity index (χ1v) is 35.1. The van der Waals surface area contributed by atoms with E-state index in [4.69, 9.17) is 66.8 Å². The number of thiazole rings is 2. The number of benzene rings is 2. The van der Waals surface area contributed by atoms with Crippen LogP contribution in [0.5, 0.6) is 23.0 Å². The van der Waals surface area contributed by atoms with Crippen LogP contribution in [0.1, 0.15) is 135 Å². The molecule has 12 rings (SSSR count). The van der Waals surface area contributed by atoms with Crippen LogP contribution in [0.3, 0.4) is 0 Å². The quantitative estimate of drug-likeness (QED) is 0.0718. The number of carbonyl (C=O) groups excluding carboxylic acids is 5. The Morgan fingerprint density at radius 3 is 1.47 bits per heavy atom. The average molecular weight is 1360 g/mol. The molecule has 6 heterocycles. The highest BCUT2D eigenvalue weighted by atomic mass is 35.5. The van der Waals surface area contributed by atoms with E-state index >= 15 is 0 Å². The van der Waals surface area contributed by atoms with Crippen LogP contribution in [0.25, 0.3) is 43.2 Å². The predicted molar refractivity (Wildman–Crippen MR) is 362 cm³/mol. The van der Waals surface area contributed by atoms with Crippen molar-refractivity contribution in [3.8, 4) is 44.4 Å². The second-order valence-corrected chi connectivity index (χ2v) is 28.7. The van der Waals surface area contributed by atoms with Crippen molar-refractivity contribution >= 4 is 103 Å². The number of fused-ring (bicyclic) bond motifs is 6. The Hall–Kier alpha value is -7.40. The van der Waals surface area contributed by atoms with Crippen molar-refractivity contribution < 1.29 is 57.6 Å². The number of rotatable bonds is 13. The SMILES string of the molecule is CCOC(=O)[C@@]12C[C@H]1/C=C\CCCCN(C)C(=O)[C@@H]1C[C@H](Oc3cc(-c4nc(C(C)C)cs4)nc4c(Cl)c(OC)ccc34)C[C@H]1C(=O)N2.COc1ccc2c(O[C@@H]3C[C@H]4C(=O)N[C@]5(C(=O)O)C[C@H]5/C=C\CCCCN(C)C(=O)[C@@H]4C3)cc(-c3nc(C(C)C)cs3)nc2c1Cl. The zero-order chi connectivity index (χ0) is 66.9. The molecule has 0 unspecified atom stereocenters. The summed E-state index contributed by atoms with van der Waals surface area (Å²) in [5.74, 6) is -3.06. The number of ether oxygens (including phenoxy) is 5. The number of carbonyl (C=O) groups is 6. The lowest BCUT2D eigenvalue weighted by molar-refractivity contribution is -0.150. The van der Waals surface area contributed by atoms with Crippen LogP contribution in [-0.2, 0) is 33.5 Å². The van der Waals surface area contributed by atoms with Gasteiger partial charge in [-0.05, 0) is 120 Å². The number of esters is 1. The number of nitrogens with zero attached hydrogens (tertiary/aromatic N) is 6. The fourth-order valence-corrected chi connectivity index (χ4v) is 15.9. The van der Waals surface area contributed by atoms with Crippen molar-refractivity contribution in [2.45, 2.75) is 147 Å². The molecule has 4 aliphatic carbocycles. The van der Waals surface area contributed by atoms with Gasteiger partial charge in [0.05, 0.1) is 66.9 Å².